The highest BCUT2D eigenvalue weighted by Gasteiger charge is 2.26. The minimum Gasteiger partial charge on any atom is -0.355 e. The third-order valence-corrected chi connectivity index (χ3v) is 4.85. The summed E-state index contributed by atoms with van der Waals surface area (Å²) >= 11 is 1.73. The number of piperidine rings is 1. The zero-order chi connectivity index (χ0) is 15.2. The summed E-state index contributed by atoms with van der Waals surface area (Å²) in [7, 11) is 0. The Hall–Kier alpha value is -1.95. The summed E-state index contributed by atoms with van der Waals surface area (Å²) < 4.78 is 0. The Morgan fingerprint density at radius 2 is 2.41 bits per heavy atom. The number of amides is 1. The Morgan fingerprint density at radius 1 is 1.45 bits per heavy atom. The minimum absolute atomic E-state index is 0.0408. The number of thiophene rings is 1. The van der Waals surface area contributed by atoms with E-state index in [9.17, 15) is 4.79 Å². The molecule has 0 bridgehead atoms. The van der Waals surface area contributed by atoms with Crippen molar-refractivity contribution in [1.82, 2.24) is 15.3 Å². The molecule has 1 aliphatic heterocycles. The van der Waals surface area contributed by atoms with E-state index in [1.165, 1.54) is 4.88 Å². The second kappa shape index (κ2) is 7.35. The van der Waals surface area contributed by atoms with Gasteiger partial charge in [-0.3, -0.25) is 9.78 Å². The number of rotatable bonds is 5. The number of hydrogen-bond donors (Lipinski definition) is 1. The fourth-order valence-electron chi connectivity index (χ4n) is 2.76. The Balaban J connectivity index is 1.49. The fraction of sp³-hybridized carbons (Fsp3) is 0.438. The van der Waals surface area contributed by atoms with Gasteiger partial charge in [0, 0.05) is 36.9 Å². The number of carbonyl (C=O) groups excluding carboxylic acids is 1. The van der Waals surface area contributed by atoms with Crippen molar-refractivity contribution in [3.8, 4) is 0 Å². The van der Waals surface area contributed by atoms with E-state index in [-0.39, 0.29) is 11.8 Å². The second-order valence-electron chi connectivity index (χ2n) is 5.47. The summed E-state index contributed by atoms with van der Waals surface area (Å²) in [6, 6.07) is 4.15. The summed E-state index contributed by atoms with van der Waals surface area (Å²) in [5, 5.41) is 5.13. The maximum Gasteiger partial charge on any atom is 0.224 e. The molecule has 5 nitrogen and oxygen atoms in total. The summed E-state index contributed by atoms with van der Waals surface area (Å²) in [5.74, 6) is 1.06. The molecule has 3 rings (SSSR count). The van der Waals surface area contributed by atoms with Crippen molar-refractivity contribution in [2.24, 2.45) is 5.92 Å². The lowest BCUT2D eigenvalue weighted by Crippen LogP contribution is -2.43. The van der Waals surface area contributed by atoms with Gasteiger partial charge in [0.05, 0.1) is 12.1 Å². The van der Waals surface area contributed by atoms with Gasteiger partial charge in [-0.2, -0.15) is 0 Å². The number of anilines is 1. The van der Waals surface area contributed by atoms with Gasteiger partial charge in [0.15, 0.2) is 0 Å². The predicted octanol–water partition coefficient (Wildman–Crippen LogP) is 2.11. The molecule has 116 valence electrons. The molecule has 6 heteroatoms. The third kappa shape index (κ3) is 3.82. The topological polar surface area (TPSA) is 58.1 Å². The van der Waals surface area contributed by atoms with Crippen LogP contribution in [0.1, 0.15) is 17.7 Å². The van der Waals surface area contributed by atoms with Crippen LogP contribution in [0.4, 0.5) is 5.82 Å². The van der Waals surface area contributed by atoms with E-state index < -0.39 is 0 Å². The quantitative estimate of drug-likeness (QED) is 0.918. The van der Waals surface area contributed by atoms with Crippen LogP contribution < -0.4 is 10.2 Å². The number of nitrogens with zero attached hydrogens (tertiary/aromatic N) is 3. The third-order valence-electron chi connectivity index (χ3n) is 3.92. The summed E-state index contributed by atoms with van der Waals surface area (Å²) in [5.41, 5.74) is 0. The average Bonchev–Trinajstić information content (AvgIpc) is 3.09. The molecule has 22 heavy (non-hydrogen) atoms. The Bertz CT molecular complexity index is 587. The van der Waals surface area contributed by atoms with Gasteiger partial charge < -0.3 is 10.2 Å². The Morgan fingerprint density at radius 3 is 3.18 bits per heavy atom. The first-order valence-corrected chi connectivity index (χ1v) is 8.52. The highest BCUT2D eigenvalue weighted by Crippen LogP contribution is 2.21. The number of carbonyl (C=O) groups is 1. The summed E-state index contributed by atoms with van der Waals surface area (Å²) in [4.78, 5) is 24.2. The van der Waals surface area contributed by atoms with Crippen LogP contribution in [0.15, 0.2) is 36.1 Å². The average molecular weight is 316 g/mol. The maximum absolute atomic E-state index is 12.3. The van der Waals surface area contributed by atoms with Crippen LogP contribution in [0.2, 0.25) is 0 Å². The highest BCUT2D eigenvalue weighted by atomic mass is 32.1. The van der Waals surface area contributed by atoms with Crippen LogP contribution in [0.3, 0.4) is 0 Å². The fourth-order valence-corrected chi connectivity index (χ4v) is 3.47. The smallest absolute Gasteiger partial charge is 0.224 e. The molecule has 1 aliphatic rings. The predicted molar refractivity (Wildman–Crippen MR) is 88.0 cm³/mol. The van der Waals surface area contributed by atoms with Crippen LogP contribution >= 0.6 is 11.3 Å². The van der Waals surface area contributed by atoms with Gasteiger partial charge >= 0.3 is 0 Å². The van der Waals surface area contributed by atoms with Crippen molar-refractivity contribution in [2.75, 3.05) is 24.5 Å². The summed E-state index contributed by atoms with van der Waals surface area (Å²) in [6.07, 6.45) is 7.99. The molecule has 0 radical (unpaired) electrons. The molecule has 3 heterocycles. The standard InChI is InChI=1S/C16H20N4OS/c21-16(19-6-5-14-4-2-10-22-14)13-3-1-9-20(12-13)15-11-17-7-8-18-15/h2,4,7-8,10-11,13H,1,3,5-6,9,12H2,(H,19,21). The molecule has 1 amide bonds. The van der Waals surface area contributed by atoms with Crippen LogP contribution in [0.5, 0.6) is 0 Å². The van der Waals surface area contributed by atoms with E-state index in [2.05, 4.69) is 31.6 Å². The van der Waals surface area contributed by atoms with Gasteiger partial charge in [-0.05, 0) is 30.7 Å². The Kier molecular flexibility index (Phi) is 5.00. The molecule has 0 aromatic carbocycles. The number of hydrogen-bond acceptors (Lipinski definition) is 5. The molecule has 0 spiro atoms. The van der Waals surface area contributed by atoms with Gasteiger partial charge in [0.2, 0.25) is 5.91 Å². The first kappa shape index (κ1) is 15.0. The van der Waals surface area contributed by atoms with E-state index in [0.29, 0.717) is 6.54 Å². The molecule has 1 unspecified atom stereocenters. The maximum atomic E-state index is 12.3. The van der Waals surface area contributed by atoms with E-state index in [1.54, 1.807) is 29.9 Å². The minimum atomic E-state index is 0.0408. The zero-order valence-corrected chi connectivity index (χ0v) is 13.3. The van der Waals surface area contributed by atoms with Crippen molar-refractivity contribution < 1.29 is 4.79 Å². The van der Waals surface area contributed by atoms with E-state index in [4.69, 9.17) is 0 Å². The second-order valence-corrected chi connectivity index (χ2v) is 6.50. The van der Waals surface area contributed by atoms with Gasteiger partial charge in [-0.1, -0.05) is 6.07 Å². The molecular formula is C16H20N4OS. The highest BCUT2D eigenvalue weighted by molar-refractivity contribution is 7.09. The summed E-state index contributed by atoms with van der Waals surface area (Å²) in [6.45, 7) is 2.38. The van der Waals surface area contributed by atoms with Crippen LogP contribution in [0.25, 0.3) is 0 Å². The van der Waals surface area contributed by atoms with Gasteiger partial charge in [-0.15, -0.1) is 11.3 Å². The first-order valence-electron chi connectivity index (χ1n) is 7.64. The Labute approximate surface area is 134 Å². The molecule has 1 saturated heterocycles. The van der Waals surface area contributed by atoms with Crippen molar-refractivity contribution in [3.63, 3.8) is 0 Å². The lowest BCUT2D eigenvalue weighted by molar-refractivity contribution is -0.125. The van der Waals surface area contributed by atoms with Gasteiger partial charge in [-0.25, -0.2) is 4.98 Å². The molecule has 1 atom stereocenters. The number of nitrogens with one attached hydrogen (secondary N) is 1. The number of aromatic nitrogens is 2. The molecule has 1 N–H and O–H groups in total. The lowest BCUT2D eigenvalue weighted by atomic mass is 9.97. The molecule has 2 aromatic heterocycles. The van der Waals surface area contributed by atoms with Crippen molar-refractivity contribution in [2.45, 2.75) is 19.3 Å². The molecule has 0 saturated carbocycles. The molecular weight excluding hydrogens is 296 g/mol. The zero-order valence-electron chi connectivity index (χ0n) is 12.4. The normalized spacial score (nSPS) is 18.2. The SMILES string of the molecule is O=C(NCCc1cccs1)C1CCCN(c2cnccn2)C1. The van der Waals surface area contributed by atoms with Crippen molar-refractivity contribution in [3.05, 3.63) is 41.0 Å². The molecule has 1 fully saturated rings. The van der Waals surface area contributed by atoms with E-state index in [0.717, 1.165) is 38.2 Å². The largest absolute Gasteiger partial charge is 0.355 e. The lowest BCUT2D eigenvalue weighted by Gasteiger charge is -2.32. The molecule has 2 aromatic rings. The van der Waals surface area contributed by atoms with E-state index in [1.807, 2.05) is 6.07 Å². The van der Waals surface area contributed by atoms with Gasteiger partial charge in [0.25, 0.3) is 0 Å². The van der Waals surface area contributed by atoms with E-state index >= 15 is 0 Å². The van der Waals surface area contributed by atoms with Crippen molar-refractivity contribution in [1.29, 1.82) is 0 Å². The van der Waals surface area contributed by atoms with Crippen LogP contribution in [0, 0.1) is 5.92 Å². The monoisotopic (exact) mass is 316 g/mol. The van der Waals surface area contributed by atoms with Crippen LogP contribution in [-0.4, -0.2) is 35.5 Å². The van der Waals surface area contributed by atoms with Crippen molar-refractivity contribution >= 4 is 23.1 Å². The first-order chi connectivity index (χ1) is 10.8. The van der Waals surface area contributed by atoms with Crippen LogP contribution in [-0.2, 0) is 11.2 Å². The molecule has 0 aliphatic carbocycles. The van der Waals surface area contributed by atoms with Gasteiger partial charge in [0.1, 0.15) is 5.82 Å².